The molecule has 1 rings (SSSR count). The maximum Gasteiger partial charge on any atom is 0.441 e. The number of rotatable bonds is 3. The van der Waals surface area contributed by atoms with Gasteiger partial charge in [-0.2, -0.15) is 26.3 Å². The lowest BCUT2D eigenvalue weighted by Crippen LogP contribution is -2.50. The molecule has 0 N–H and O–H groups in total. The van der Waals surface area contributed by atoms with E-state index in [1.54, 1.807) is 0 Å². The molecule has 0 fully saturated rings. The van der Waals surface area contributed by atoms with Gasteiger partial charge < -0.3 is 0 Å². The third kappa shape index (κ3) is 3.76. The summed E-state index contributed by atoms with van der Waals surface area (Å²) in [7, 11) is 0. The summed E-state index contributed by atoms with van der Waals surface area (Å²) >= 11 is 4.98. The summed E-state index contributed by atoms with van der Waals surface area (Å²) in [5.41, 5.74) is 0.419. The highest BCUT2D eigenvalue weighted by Crippen LogP contribution is 2.56. The van der Waals surface area contributed by atoms with Gasteiger partial charge in [0.2, 0.25) is 0 Å². The quantitative estimate of drug-likeness (QED) is 0.355. The van der Waals surface area contributed by atoms with E-state index in [0.717, 1.165) is 12.1 Å². The van der Waals surface area contributed by atoms with Crippen LogP contribution in [0.1, 0.15) is 5.56 Å². The Bertz CT molecular complexity index is 513. The number of halogens is 9. The van der Waals surface area contributed by atoms with Crippen LogP contribution in [-0.4, -0.2) is 17.4 Å². The Labute approximate surface area is 136 Å². The minimum Gasteiger partial charge on any atom is -0.211 e. The van der Waals surface area contributed by atoms with E-state index in [0.29, 0.717) is 5.56 Å². The summed E-state index contributed by atoms with van der Waals surface area (Å²) in [5.74, 6) is 0. The second-order valence-corrected chi connectivity index (χ2v) is 6.64. The molecule has 0 amide bonds. The van der Waals surface area contributed by atoms with Gasteiger partial charge in [0, 0.05) is 19.4 Å². The first-order chi connectivity index (χ1) is 9.33. The molecule has 0 nitrogen and oxygen atoms in total. The molecule has 0 aliphatic rings. The summed E-state index contributed by atoms with van der Waals surface area (Å²) < 4.78 is 88.8. The second-order valence-electron chi connectivity index (χ2n) is 3.70. The number of hydrogen-bond donors (Lipinski definition) is 0. The van der Waals surface area contributed by atoms with Crippen molar-refractivity contribution >= 4 is 49.7 Å². The van der Waals surface area contributed by atoms with Crippen LogP contribution < -0.4 is 0 Å². The molecule has 0 unspecified atom stereocenters. The fraction of sp³-hybridized carbons (Fsp3) is 0.273. The van der Waals surface area contributed by atoms with E-state index >= 15 is 0 Å². The van der Waals surface area contributed by atoms with Gasteiger partial charge in [0.15, 0.2) is 0 Å². The molecular weight excluding hydrogens is 457 g/mol. The van der Waals surface area contributed by atoms with Crippen molar-refractivity contribution in [1.29, 1.82) is 0 Å². The summed E-state index contributed by atoms with van der Waals surface area (Å²) in [6.07, 6.45) is -10.9. The molecule has 0 atom stereocenters. The standard InChI is InChI=1S/C11H5Br2F7S/c1-2-6-7(12)3-5(4-8(6)13)21-9(14,10(15,16)17)11(18,19)20/h2-4H,1H2. The number of thioether (sulfide) groups is 1. The fourth-order valence-electron chi connectivity index (χ4n) is 1.25. The molecular formula is C11H5Br2F7S. The molecule has 1 aromatic carbocycles. The van der Waals surface area contributed by atoms with Crippen LogP contribution >= 0.6 is 43.6 Å². The average Bonchev–Trinajstić information content (AvgIpc) is 2.25. The predicted molar refractivity (Wildman–Crippen MR) is 73.7 cm³/mol. The smallest absolute Gasteiger partial charge is 0.211 e. The SMILES string of the molecule is C=Cc1c(Br)cc(SC(F)(C(F)(F)F)C(F)(F)F)cc1Br. The molecule has 0 saturated heterocycles. The summed E-state index contributed by atoms with van der Waals surface area (Å²) in [6.45, 7) is 3.43. The van der Waals surface area contributed by atoms with Crippen LogP contribution in [0.25, 0.3) is 6.08 Å². The Hall–Kier alpha value is -0.220. The van der Waals surface area contributed by atoms with Crippen LogP contribution in [0.4, 0.5) is 30.7 Å². The van der Waals surface area contributed by atoms with Crippen molar-refractivity contribution in [1.82, 2.24) is 0 Å². The van der Waals surface area contributed by atoms with Crippen LogP contribution in [0, 0.1) is 0 Å². The lowest BCUT2D eigenvalue weighted by Gasteiger charge is -2.29. The Morgan fingerprint density at radius 2 is 1.29 bits per heavy atom. The van der Waals surface area contributed by atoms with Gasteiger partial charge in [0.05, 0.1) is 0 Å². The first-order valence-corrected chi connectivity index (χ1v) is 7.36. The van der Waals surface area contributed by atoms with Gasteiger partial charge in [-0.3, -0.25) is 0 Å². The third-order valence-corrected chi connectivity index (χ3v) is 4.77. The Balaban J connectivity index is 3.33. The number of benzene rings is 1. The lowest BCUT2D eigenvalue weighted by atomic mass is 10.2. The maximum atomic E-state index is 13.6. The van der Waals surface area contributed by atoms with Crippen molar-refractivity contribution in [2.45, 2.75) is 22.2 Å². The molecule has 0 aliphatic carbocycles. The number of hydrogen-bond acceptors (Lipinski definition) is 1. The molecule has 0 radical (unpaired) electrons. The Kier molecular flexibility index (Phi) is 5.48. The van der Waals surface area contributed by atoms with Crippen LogP contribution in [0.3, 0.4) is 0 Å². The molecule has 0 spiro atoms. The predicted octanol–water partition coefficient (Wildman–Crippen LogP) is 6.74. The first-order valence-electron chi connectivity index (χ1n) is 4.96. The molecule has 0 bridgehead atoms. The molecule has 0 aliphatic heterocycles. The van der Waals surface area contributed by atoms with Gasteiger partial charge in [-0.1, -0.05) is 56.3 Å². The fourth-order valence-corrected chi connectivity index (χ4v) is 3.98. The van der Waals surface area contributed by atoms with E-state index in [9.17, 15) is 30.7 Å². The van der Waals surface area contributed by atoms with Crippen molar-refractivity contribution < 1.29 is 30.7 Å². The highest BCUT2D eigenvalue weighted by Gasteiger charge is 2.73. The molecule has 21 heavy (non-hydrogen) atoms. The van der Waals surface area contributed by atoms with Crippen molar-refractivity contribution in [2.24, 2.45) is 0 Å². The zero-order valence-electron chi connectivity index (χ0n) is 9.75. The van der Waals surface area contributed by atoms with Crippen molar-refractivity contribution in [3.63, 3.8) is 0 Å². The lowest BCUT2D eigenvalue weighted by molar-refractivity contribution is -0.302. The van der Waals surface area contributed by atoms with Crippen LogP contribution in [0.15, 0.2) is 32.6 Å². The highest BCUT2D eigenvalue weighted by molar-refractivity contribution is 9.11. The third-order valence-electron chi connectivity index (χ3n) is 2.24. The van der Waals surface area contributed by atoms with Crippen LogP contribution in [-0.2, 0) is 0 Å². The molecule has 0 heterocycles. The van der Waals surface area contributed by atoms with Crippen molar-refractivity contribution in [3.8, 4) is 0 Å². The molecule has 0 aromatic heterocycles. The van der Waals surface area contributed by atoms with Gasteiger partial charge in [0.1, 0.15) is 0 Å². The monoisotopic (exact) mass is 460 g/mol. The van der Waals surface area contributed by atoms with E-state index in [1.807, 2.05) is 0 Å². The van der Waals surface area contributed by atoms with Gasteiger partial charge >= 0.3 is 17.4 Å². The zero-order valence-corrected chi connectivity index (χ0v) is 13.7. The Morgan fingerprint density at radius 1 is 0.905 bits per heavy atom. The topological polar surface area (TPSA) is 0 Å². The highest BCUT2D eigenvalue weighted by atomic mass is 79.9. The van der Waals surface area contributed by atoms with Crippen molar-refractivity contribution in [3.05, 3.63) is 33.2 Å². The summed E-state index contributed by atoms with van der Waals surface area (Å²) in [4.78, 5) is -0.545. The number of alkyl halides is 7. The minimum atomic E-state index is -6.11. The van der Waals surface area contributed by atoms with Gasteiger partial charge in [-0.05, 0) is 12.1 Å². The molecule has 1 aromatic rings. The average molecular weight is 462 g/mol. The van der Waals surface area contributed by atoms with Crippen LogP contribution in [0.2, 0.25) is 0 Å². The van der Waals surface area contributed by atoms with E-state index in [2.05, 4.69) is 38.4 Å². The van der Waals surface area contributed by atoms with Gasteiger partial charge in [-0.15, -0.1) is 0 Å². The molecule has 0 saturated carbocycles. The Morgan fingerprint density at radius 3 is 1.57 bits per heavy atom. The van der Waals surface area contributed by atoms with E-state index < -0.39 is 34.0 Å². The van der Waals surface area contributed by atoms with Crippen LogP contribution in [0.5, 0.6) is 0 Å². The second kappa shape index (κ2) is 6.11. The summed E-state index contributed by atoms with van der Waals surface area (Å²) in [5, 5.41) is -5.39. The van der Waals surface area contributed by atoms with Gasteiger partial charge in [-0.25, -0.2) is 4.39 Å². The molecule has 118 valence electrons. The normalized spacial score (nSPS) is 13.4. The largest absolute Gasteiger partial charge is 0.441 e. The van der Waals surface area contributed by atoms with E-state index in [1.165, 1.54) is 6.08 Å². The zero-order chi connectivity index (χ0) is 16.6. The van der Waals surface area contributed by atoms with Gasteiger partial charge in [0.25, 0.3) is 0 Å². The summed E-state index contributed by atoms with van der Waals surface area (Å²) in [6, 6.07) is 1.91. The molecule has 10 heteroatoms. The minimum absolute atomic E-state index is 0.182. The van der Waals surface area contributed by atoms with E-state index in [-0.39, 0.29) is 8.95 Å². The van der Waals surface area contributed by atoms with Crippen molar-refractivity contribution in [2.75, 3.05) is 0 Å². The van der Waals surface area contributed by atoms with E-state index in [4.69, 9.17) is 0 Å². The maximum absolute atomic E-state index is 13.6. The first kappa shape index (κ1) is 18.8.